The molecule has 2 aliphatic rings. The summed E-state index contributed by atoms with van der Waals surface area (Å²) in [7, 11) is 0. The molecule has 0 saturated carbocycles. The molecule has 4 rings (SSSR count). The Kier molecular flexibility index (Phi) is 4.13. The second-order valence-electron chi connectivity index (χ2n) is 6.55. The topological polar surface area (TPSA) is 115 Å². The predicted molar refractivity (Wildman–Crippen MR) is 94.7 cm³/mol. The zero-order chi connectivity index (χ0) is 18.1. The molecule has 2 N–H and O–H groups in total. The van der Waals surface area contributed by atoms with Crippen molar-refractivity contribution in [3.8, 4) is 6.07 Å². The van der Waals surface area contributed by atoms with E-state index in [4.69, 9.17) is 0 Å². The monoisotopic (exact) mass is 350 g/mol. The maximum absolute atomic E-state index is 12.9. The van der Waals surface area contributed by atoms with Gasteiger partial charge in [0.15, 0.2) is 0 Å². The molecule has 0 bridgehead atoms. The number of aromatic nitrogens is 3. The molecule has 2 aliphatic heterocycles. The van der Waals surface area contributed by atoms with Gasteiger partial charge >= 0.3 is 0 Å². The van der Waals surface area contributed by atoms with Gasteiger partial charge in [-0.15, -0.1) is 0 Å². The Bertz CT molecular complexity index is 927. The fraction of sp³-hybridized carbons (Fsp3) is 0.389. The van der Waals surface area contributed by atoms with Crippen LogP contribution in [0, 0.1) is 17.2 Å². The molecule has 1 amide bonds. The largest absolute Gasteiger partial charge is 0.342 e. The molecule has 0 aliphatic carbocycles. The number of H-pyrrole nitrogens is 1. The minimum absolute atomic E-state index is 0.243. The van der Waals surface area contributed by atoms with Crippen molar-refractivity contribution in [2.75, 3.05) is 23.3 Å². The van der Waals surface area contributed by atoms with Crippen molar-refractivity contribution in [3.63, 3.8) is 0 Å². The summed E-state index contributed by atoms with van der Waals surface area (Å²) in [5, 5.41) is 12.1. The van der Waals surface area contributed by atoms with Crippen LogP contribution in [-0.2, 0) is 4.79 Å². The predicted octanol–water partition coefficient (Wildman–Crippen LogP) is 1.38. The van der Waals surface area contributed by atoms with Crippen LogP contribution < -0.4 is 15.8 Å². The Balaban J connectivity index is 1.84. The normalized spacial score (nSPS) is 22.3. The first-order valence-corrected chi connectivity index (χ1v) is 8.68. The summed E-state index contributed by atoms with van der Waals surface area (Å²) in [6, 6.07) is 5.46. The molecule has 8 nitrogen and oxygen atoms in total. The molecule has 0 unspecified atom stereocenters. The number of nitriles is 1. The van der Waals surface area contributed by atoms with E-state index < -0.39 is 17.7 Å². The number of aromatic amines is 1. The van der Waals surface area contributed by atoms with E-state index in [9.17, 15) is 14.9 Å². The number of nitrogens with zero attached hydrogens (tertiary/aromatic N) is 4. The standard InChI is InChI=1S/C18H18N6O2/c19-10-12-13(11-4-6-20-7-5-11)14-15(21-16(12)25)22-18(23-17(14)26)24-8-2-1-3-9-24/h4-7,12-13H,1-3,8-9H2,(H2,21,22,23,25,26)/t12-,13-/m1/s1. The van der Waals surface area contributed by atoms with Crippen LogP contribution >= 0.6 is 0 Å². The highest BCUT2D eigenvalue weighted by atomic mass is 16.2. The lowest BCUT2D eigenvalue weighted by molar-refractivity contribution is -0.119. The molecular formula is C18H18N6O2. The highest BCUT2D eigenvalue weighted by Crippen LogP contribution is 2.37. The number of hydrogen-bond donors (Lipinski definition) is 2. The van der Waals surface area contributed by atoms with Gasteiger partial charge in [0, 0.05) is 31.4 Å². The van der Waals surface area contributed by atoms with Gasteiger partial charge in [0.05, 0.1) is 11.6 Å². The fourth-order valence-corrected chi connectivity index (χ4v) is 3.69. The molecule has 2 aromatic rings. The van der Waals surface area contributed by atoms with Gasteiger partial charge in [-0.1, -0.05) is 0 Å². The Labute approximate surface area is 149 Å². The number of carbonyl (C=O) groups is 1. The van der Waals surface area contributed by atoms with Crippen molar-refractivity contribution in [2.45, 2.75) is 25.2 Å². The van der Waals surface area contributed by atoms with Gasteiger partial charge in [-0.05, 0) is 37.0 Å². The van der Waals surface area contributed by atoms with Crippen molar-refractivity contribution in [2.24, 2.45) is 5.92 Å². The number of hydrogen-bond acceptors (Lipinski definition) is 6. The minimum Gasteiger partial charge on any atom is -0.342 e. The van der Waals surface area contributed by atoms with Gasteiger partial charge in [0.25, 0.3) is 5.56 Å². The minimum atomic E-state index is -0.992. The molecule has 0 spiro atoms. The molecule has 132 valence electrons. The van der Waals surface area contributed by atoms with Crippen LogP contribution in [0.4, 0.5) is 11.8 Å². The second-order valence-corrected chi connectivity index (χ2v) is 6.55. The Morgan fingerprint density at radius 3 is 2.58 bits per heavy atom. The maximum Gasteiger partial charge on any atom is 0.258 e. The van der Waals surface area contributed by atoms with Crippen LogP contribution in [0.1, 0.15) is 36.3 Å². The molecule has 2 aromatic heterocycles. The summed E-state index contributed by atoms with van der Waals surface area (Å²) in [6.07, 6.45) is 6.42. The van der Waals surface area contributed by atoms with Crippen molar-refractivity contribution < 1.29 is 4.79 Å². The van der Waals surface area contributed by atoms with E-state index in [1.807, 2.05) is 11.0 Å². The van der Waals surface area contributed by atoms with Crippen LogP contribution in [0.3, 0.4) is 0 Å². The fourth-order valence-electron chi connectivity index (χ4n) is 3.69. The SMILES string of the molecule is N#C[C@H]1C(=O)Nc2nc(N3CCCCC3)[nH]c(=O)c2[C@@H]1c1ccncc1. The van der Waals surface area contributed by atoms with E-state index >= 15 is 0 Å². The maximum atomic E-state index is 12.9. The number of piperidine rings is 1. The van der Waals surface area contributed by atoms with E-state index in [0.717, 1.165) is 32.4 Å². The lowest BCUT2D eigenvalue weighted by Crippen LogP contribution is -2.40. The lowest BCUT2D eigenvalue weighted by Gasteiger charge is -2.31. The quantitative estimate of drug-likeness (QED) is 0.845. The first-order chi connectivity index (χ1) is 12.7. The van der Waals surface area contributed by atoms with Gasteiger partial charge in [0.1, 0.15) is 11.7 Å². The number of rotatable bonds is 2. The number of amides is 1. The zero-order valence-corrected chi connectivity index (χ0v) is 14.1. The van der Waals surface area contributed by atoms with Crippen LogP contribution in [0.2, 0.25) is 0 Å². The molecule has 0 aromatic carbocycles. The van der Waals surface area contributed by atoms with E-state index in [0.29, 0.717) is 17.1 Å². The summed E-state index contributed by atoms with van der Waals surface area (Å²) in [5.74, 6) is -1.39. The molecule has 26 heavy (non-hydrogen) atoms. The molecule has 4 heterocycles. The van der Waals surface area contributed by atoms with Crippen LogP contribution in [0.25, 0.3) is 0 Å². The third kappa shape index (κ3) is 2.71. The Morgan fingerprint density at radius 1 is 1.15 bits per heavy atom. The first kappa shape index (κ1) is 16.3. The lowest BCUT2D eigenvalue weighted by atomic mass is 9.79. The molecule has 8 heteroatoms. The number of pyridine rings is 1. The zero-order valence-electron chi connectivity index (χ0n) is 14.1. The first-order valence-electron chi connectivity index (χ1n) is 8.68. The molecular weight excluding hydrogens is 332 g/mol. The average molecular weight is 350 g/mol. The van der Waals surface area contributed by atoms with E-state index in [-0.39, 0.29) is 11.4 Å². The van der Waals surface area contributed by atoms with Crippen molar-refractivity contribution in [1.29, 1.82) is 5.26 Å². The number of carbonyl (C=O) groups excluding carboxylic acids is 1. The van der Waals surface area contributed by atoms with Gasteiger partial charge in [0.2, 0.25) is 11.9 Å². The summed E-state index contributed by atoms with van der Waals surface area (Å²) in [4.78, 5) is 38.7. The molecule has 2 atom stereocenters. The van der Waals surface area contributed by atoms with Gasteiger partial charge < -0.3 is 10.2 Å². The Morgan fingerprint density at radius 2 is 1.88 bits per heavy atom. The van der Waals surface area contributed by atoms with Crippen LogP contribution in [0.15, 0.2) is 29.3 Å². The molecule has 1 saturated heterocycles. The number of fused-ring (bicyclic) bond motifs is 1. The van der Waals surface area contributed by atoms with Crippen molar-refractivity contribution >= 4 is 17.7 Å². The van der Waals surface area contributed by atoms with Crippen molar-refractivity contribution in [1.82, 2.24) is 15.0 Å². The smallest absolute Gasteiger partial charge is 0.258 e. The van der Waals surface area contributed by atoms with Gasteiger partial charge in [-0.3, -0.25) is 19.6 Å². The van der Waals surface area contributed by atoms with Gasteiger partial charge in [-0.25, -0.2) is 0 Å². The average Bonchev–Trinajstić information content (AvgIpc) is 2.68. The second kappa shape index (κ2) is 6.59. The molecule has 0 radical (unpaired) electrons. The number of nitrogens with one attached hydrogen (secondary N) is 2. The van der Waals surface area contributed by atoms with E-state index in [1.54, 1.807) is 24.5 Å². The third-order valence-corrected chi connectivity index (χ3v) is 4.97. The van der Waals surface area contributed by atoms with E-state index in [1.165, 1.54) is 0 Å². The Hall–Kier alpha value is -3.21. The number of anilines is 2. The molecule has 1 fully saturated rings. The summed E-state index contributed by atoms with van der Waals surface area (Å²) in [6.45, 7) is 1.65. The third-order valence-electron chi connectivity index (χ3n) is 4.97. The highest BCUT2D eigenvalue weighted by Gasteiger charge is 2.40. The summed E-state index contributed by atoms with van der Waals surface area (Å²) >= 11 is 0. The van der Waals surface area contributed by atoms with Crippen molar-refractivity contribution in [3.05, 3.63) is 46.0 Å². The summed E-state index contributed by atoms with van der Waals surface area (Å²) in [5.41, 5.74) is 0.696. The van der Waals surface area contributed by atoms with Crippen LogP contribution in [-0.4, -0.2) is 33.9 Å². The summed E-state index contributed by atoms with van der Waals surface area (Å²) < 4.78 is 0. The van der Waals surface area contributed by atoms with E-state index in [2.05, 4.69) is 20.3 Å². The highest BCUT2D eigenvalue weighted by molar-refractivity contribution is 5.97. The van der Waals surface area contributed by atoms with Crippen LogP contribution in [0.5, 0.6) is 0 Å². The van der Waals surface area contributed by atoms with Gasteiger partial charge in [-0.2, -0.15) is 10.2 Å².